The fourth-order valence-electron chi connectivity index (χ4n) is 3.55. The van der Waals surface area contributed by atoms with Gasteiger partial charge in [0.05, 0.1) is 30.1 Å². The fraction of sp³-hybridized carbons (Fsp3) is 0.167. The van der Waals surface area contributed by atoms with E-state index in [1.807, 2.05) is 30.3 Å². The Morgan fingerprint density at radius 2 is 2.00 bits per heavy atom. The predicted octanol–water partition coefficient (Wildman–Crippen LogP) is 3.65. The van der Waals surface area contributed by atoms with Crippen LogP contribution in [0.2, 0.25) is 0 Å². The van der Waals surface area contributed by atoms with Crippen molar-refractivity contribution in [3.05, 3.63) is 88.0 Å². The highest BCUT2D eigenvalue weighted by Gasteiger charge is 2.17. The number of pyridine rings is 1. The second-order valence-electron chi connectivity index (χ2n) is 7.35. The first kappa shape index (κ1) is 21.0. The van der Waals surface area contributed by atoms with Crippen LogP contribution in [0.5, 0.6) is 11.5 Å². The van der Waals surface area contributed by atoms with Crippen molar-refractivity contribution in [1.29, 1.82) is 0 Å². The van der Waals surface area contributed by atoms with Crippen molar-refractivity contribution in [1.82, 2.24) is 14.5 Å². The molecule has 1 aliphatic heterocycles. The highest BCUT2D eigenvalue weighted by Crippen LogP contribution is 2.33. The van der Waals surface area contributed by atoms with Crippen LogP contribution < -0.4 is 15.0 Å². The number of thioether (sulfide) groups is 1. The summed E-state index contributed by atoms with van der Waals surface area (Å²) in [5.41, 5.74) is 2.49. The van der Waals surface area contributed by atoms with Crippen molar-refractivity contribution in [3.63, 3.8) is 0 Å². The normalized spacial score (nSPS) is 12.2. The van der Waals surface area contributed by atoms with Crippen molar-refractivity contribution < 1.29 is 19.0 Å². The summed E-state index contributed by atoms with van der Waals surface area (Å²) in [7, 11) is 1.32. The molecule has 0 N–H and O–H groups in total. The number of carbonyl (C=O) groups is 1. The summed E-state index contributed by atoms with van der Waals surface area (Å²) in [5.74, 6) is 1.45. The molecule has 2 aromatic carbocycles. The lowest BCUT2D eigenvalue weighted by Gasteiger charge is -2.14. The largest absolute Gasteiger partial charge is 0.465 e. The summed E-state index contributed by atoms with van der Waals surface area (Å²) < 4.78 is 17.3. The Hall–Kier alpha value is -3.85. The quantitative estimate of drug-likeness (QED) is 0.244. The Morgan fingerprint density at radius 1 is 1.12 bits per heavy atom. The van der Waals surface area contributed by atoms with Crippen molar-refractivity contribution in [2.75, 3.05) is 13.9 Å². The van der Waals surface area contributed by atoms with Crippen molar-refractivity contribution in [3.8, 4) is 11.5 Å². The van der Waals surface area contributed by atoms with Crippen molar-refractivity contribution in [2.45, 2.75) is 17.5 Å². The SMILES string of the molecule is COC(=O)c1ccc2c(=O)n(Cc3ccc4c(c3)OCO4)c(SCc3cccnc3)nc2c1. The average Bonchev–Trinajstić information content (AvgIpc) is 3.32. The highest BCUT2D eigenvalue weighted by molar-refractivity contribution is 7.98. The number of hydrogen-bond acceptors (Lipinski definition) is 8. The second-order valence-corrected chi connectivity index (χ2v) is 8.29. The van der Waals surface area contributed by atoms with Crippen LogP contribution in [0.15, 0.2) is 70.9 Å². The van der Waals surface area contributed by atoms with Gasteiger partial charge >= 0.3 is 5.97 Å². The van der Waals surface area contributed by atoms with E-state index < -0.39 is 5.97 Å². The zero-order chi connectivity index (χ0) is 22.8. The van der Waals surface area contributed by atoms with E-state index in [0.717, 1.165) is 11.1 Å². The molecule has 0 aliphatic carbocycles. The Morgan fingerprint density at radius 3 is 2.82 bits per heavy atom. The molecule has 0 bridgehead atoms. The number of esters is 1. The van der Waals surface area contributed by atoms with E-state index in [1.54, 1.807) is 35.2 Å². The third kappa shape index (κ3) is 4.27. The van der Waals surface area contributed by atoms with Gasteiger partial charge in [-0.15, -0.1) is 0 Å². The van der Waals surface area contributed by atoms with Crippen LogP contribution in [-0.2, 0) is 17.0 Å². The summed E-state index contributed by atoms with van der Waals surface area (Å²) in [5, 5.41) is 0.963. The highest BCUT2D eigenvalue weighted by atomic mass is 32.2. The standard InChI is InChI=1S/C24H19N3O5S/c1-30-23(29)17-5-6-18-19(10-17)26-24(33-13-16-3-2-8-25-11-16)27(22(18)28)12-15-4-7-20-21(9-15)32-14-31-20/h2-11H,12-14H2,1H3. The van der Waals surface area contributed by atoms with Gasteiger partial charge in [0.15, 0.2) is 16.7 Å². The maximum atomic E-state index is 13.5. The molecule has 0 atom stereocenters. The summed E-state index contributed by atoms with van der Waals surface area (Å²) in [6, 6.07) is 14.2. The van der Waals surface area contributed by atoms with Gasteiger partial charge < -0.3 is 14.2 Å². The number of fused-ring (bicyclic) bond motifs is 2. The third-order valence-electron chi connectivity index (χ3n) is 5.21. The Balaban J connectivity index is 1.57. The Labute approximate surface area is 193 Å². The molecule has 8 nitrogen and oxygen atoms in total. The van der Waals surface area contributed by atoms with Gasteiger partial charge in [0.25, 0.3) is 5.56 Å². The van der Waals surface area contributed by atoms with Crippen LogP contribution in [0.4, 0.5) is 0 Å². The monoisotopic (exact) mass is 461 g/mol. The number of nitrogens with zero attached hydrogens (tertiary/aromatic N) is 3. The molecule has 0 unspecified atom stereocenters. The van der Waals surface area contributed by atoms with Crippen LogP contribution in [0, 0.1) is 0 Å². The maximum absolute atomic E-state index is 13.5. The molecular weight excluding hydrogens is 442 g/mol. The first-order valence-corrected chi connectivity index (χ1v) is 11.1. The van der Waals surface area contributed by atoms with Gasteiger partial charge in [-0.25, -0.2) is 9.78 Å². The van der Waals surface area contributed by atoms with Gasteiger partial charge in [-0.1, -0.05) is 23.9 Å². The second kappa shape index (κ2) is 8.95. The van der Waals surface area contributed by atoms with E-state index in [4.69, 9.17) is 19.2 Å². The molecule has 4 aromatic rings. The van der Waals surface area contributed by atoms with Crippen LogP contribution in [-0.4, -0.2) is 34.4 Å². The minimum absolute atomic E-state index is 0.186. The number of methoxy groups -OCH3 is 1. The van der Waals surface area contributed by atoms with Gasteiger partial charge in [-0.3, -0.25) is 14.3 Å². The van der Waals surface area contributed by atoms with E-state index in [0.29, 0.717) is 45.4 Å². The number of ether oxygens (including phenoxy) is 3. The van der Waals surface area contributed by atoms with E-state index in [2.05, 4.69) is 4.98 Å². The predicted molar refractivity (Wildman–Crippen MR) is 123 cm³/mol. The minimum Gasteiger partial charge on any atom is -0.465 e. The lowest BCUT2D eigenvalue weighted by Crippen LogP contribution is -2.24. The molecule has 166 valence electrons. The zero-order valence-corrected chi connectivity index (χ0v) is 18.5. The minimum atomic E-state index is -0.479. The lowest BCUT2D eigenvalue weighted by atomic mass is 10.1. The van der Waals surface area contributed by atoms with E-state index in [9.17, 15) is 9.59 Å². The van der Waals surface area contributed by atoms with Crippen molar-refractivity contribution >= 4 is 28.6 Å². The smallest absolute Gasteiger partial charge is 0.337 e. The van der Waals surface area contributed by atoms with Gasteiger partial charge in [0.1, 0.15) is 0 Å². The van der Waals surface area contributed by atoms with E-state index in [-0.39, 0.29) is 12.4 Å². The Bertz CT molecular complexity index is 1400. The molecule has 1 aliphatic rings. The molecule has 33 heavy (non-hydrogen) atoms. The van der Waals surface area contributed by atoms with Gasteiger partial charge in [0, 0.05) is 18.1 Å². The van der Waals surface area contributed by atoms with Crippen LogP contribution >= 0.6 is 11.8 Å². The molecule has 2 aromatic heterocycles. The first-order chi connectivity index (χ1) is 16.1. The first-order valence-electron chi connectivity index (χ1n) is 10.2. The summed E-state index contributed by atoms with van der Waals surface area (Å²) in [4.78, 5) is 34.3. The van der Waals surface area contributed by atoms with Crippen molar-refractivity contribution in [2.24, 2.45) is 0 Å². The Kier molecular flexibility index (Phi) is 5.70. The number of rotatable bonds is 6. The topological polar surface area (TPSA) is 92.5 Å². The van der Waals surface area contributed by atoms with Crippen LogP contribution in [0.3, 0.4) is 0 Å². The summed E-state index contributed by atoms with van der Waals surface area (Å²) >= 11 is 1.43. The van der Waals surface area contributed by atoms with Gasteiger partial charge in [-0.2, -0.15) is 0 Å². The zero-order valence-electron chi connectivity index (χ0n) is 17.7. The number of carbonyl (C=O) groups excluding carboxylic acids is 1. The third-order valence-corrected chi connectivity index (χ3v) is 6.26. The molecule has 0 spiro atoms. The molecule has 0 saturated heterocycles. The van der Waals surface area contributed by atoms with Crippen LogP contribution in [0.25, 0.3) is 10.9 Å². The molecule has 0 fully saturated rings. The molecule has 9 heteroatoms. The van der Waals surface area contributed by atoms with Gasteiger partial charge in [-0.05, 0) is 47.5 Å². The number of hydrogen-bond donors (Lipinski definition) is 0. The fourth-order valence-corrected chi connectivity index (χ4v) is 4.48. The number of aromatic nitrogens is 3. The number of benzene rings is 2. The van der Waals surface area contributed by atoms with E-state index in [1.165, 1.54) is 18.9 Å². The molecule has 0 amide bonds. The maximum Gasteiger partial charge on any atom is 0.337 e. The average molecular weight is 461 g/mol. The molecule has 3 heterocycles. The summed E-state index contributed by atoms with van der Waals surface area (Å²) in [6.07, 6.45) is 3.50. The lowest BCUT2D eigenvalue weighted by molar-refractivity contribution is 0.0601. The molecule has 5 rings (SSSR count). The molecule has 0 saturated carbocycles. The van der Waals surface area contributed by atoms with E-state index >= 15 is 0 Å². The molecule has 0 radical (unpaired) electrons. The van der Waals surface area contributed by atoms with Crippen LogP contribution in [0.1, 0.15) is 21.5 Å². The summed E-state index contributed by atoms with van der Waals surface area (Å²) in [6.45, 7) is 0.498. The molecular formula is C24H19N3O5S. The van der Waals surface area contributed by atoms with Gasteiger partial charge in [0.2, 0.25) is 6.79 Å².